The lowest BCUT2D eigenvalue weighted by atomic mass is 10.2. The lowest BCUT2D eigenvalue weighted by Gasteiger charge is -2.04. The van der Waals surface area contributed by atoms with E-state index in [1.165, 1.54) is 12.3 Å². The number of alkyl carbamates (subject to hydrolysis) is 1. The molecule has 2 rings (SSSR count). The third-order valence-corrected chi connectivity index (χ3v) is 2.83. The van der Waals surface area contributed by atoms with Crippen LogP contribution in [0.25, 0.3) is 0 Å². The summed E-state index contributed by atoms with van der Waals surface area (Å²) in [4.78, 5) is 14.9. The summed E-state index contributed by atoms with van der Waals surface area (Å²) in [6.07, 6.45) is 0.704. The van der Waals surface area contributed by atoms with Crippen molar-refractivity contribution in [2.45, 2.75) is 6.61 Å². The van der Waals surface area contributed by atoms with Gasteiger partial charge in [0.25, 0.3) is 0 Å². The smallest absolute Gasteiger partial charge is 0.408 e. The minimum Gasteiger partial charge on any atom is -0.445 e. The van der Waals surface area contributed by atoms with E-state index < -0.39 is 12.0 Å². The second kappa shape index (κ2) is 8.01. The van der Waals surface area contributed by atoms with E-state index in [9.17, 15) is 9.18 Å². The number of benzene rings is 1. The van der Waals surface area contributed by atoms with Crippen LogP contribution in [-0.4, -0.2) is 17.6 Å². The van der Waals surface area contributed by atoms with E-state index in [2.05, 4.69) is 22.1 Å². The van der Waals surface area contributed by atoms with Gasteiger partial charge >= 0.3 is 6.09 Å². The number of halogens is 2. The van der Waals surface area contributed by atoms with E-state index in [1.807, 2.05) is 30.3 Å². The molecule has 0 unspecified atom stereocenters. The van der Waals surface area contributed by atoms with Crippen molar-refractivity contribution in [1.29, 1.82) is 0 Å². The molecule has 1 heterocycles. The second-order valence-electron chi connectivity index (χ2n) is 4.21. The molecule has 1 amide bonds. The molecule has 0 bridgehead atoms. The number of nitrogens with zero attached hydrogens (tertiary/aromatic N) is 1. The summed E-state index contributed by atoms with van der Waals surface area (Å²) < 4.78 is 17.9. The number of ether oxygens (including phenoxy) is 1. The molecule has 1 N–H and O–H groups in total. The molecule has 4 nitrogen and oxygen atoms in total. The van der Waals surface area contributed by atoms with Crippen molar-refractivity contribution in [1.82, 2.24) is 10.3 Å². The predicted molar refractivity (Wildman–Crippen MR) is 80.7 cm³/mol. The zero-order valence-corrected chi connectivity index (χ0v) is 12.2. The maximum absolute atomic E-state index is 12.9. The minimum absolute atomic E-state index is 0.0953. The van der Waals surface area contributed by atoms with Crippen molar-refractivity contribution in [3.05, 3.63) is 64.7 Å². The summed E-state index contributed by atoms with van der Waals surface area (Å²) in [7, 11) is 0. The molecule has 112 valence electrons. The van der Waals surface area contributed by atoms with Crippen LogP contribution < -0.4 is 5.32 Å². The summed E-state index contributed by atoms with van der Waals surface area (Å²) in [5.74, 6) is 4.66. The fraction of sp³-hybridized carbons (Fsp3) is 0.125. The molecule has 0 spiro atoms. The average molecular weight is 319 g/mol. The molecule has 0 atom stereocenters. The molecule has 0 aliphatic rings. The van der Waals surface area contributed by atoms with E-state index in [0.717, 1.165) is 5.56 Å². The Labute approximate surface area is 132 Å². The normalized spacial score (nSPS) is 9.55. The van der Waals surface area contributed by atoms with Gasteiger partial charge in [-0.3, -0.25) is 0 Å². The maximum Gasteiger partial charge on any atom is 0.408 e. The monoisotopic (exact) mass is 318 g/mol. The maximum atomic E-state index is 12.9. The van der Waals surface area contributed by atoms with Gasteiger partial charge in [-0.25, -0.2) is 9.78 Å². The van der Waals surface area contributed by atoms with Crippen LogP contribution in [0.15, 0.2) is 42.6 Å². The zero-order valence-electron chi connectivity index (χ0n) is 11.5. The Balaban J connectivity index is 1.75. The van der Waals surface area contributed by atoms with Crippen LogP contribution in [0.1, 0.15) is 11.1 Å². The van der Waals surface area contributed by atoms with Crippen molar-refractivity contribution in [2.24, 2.45) is 0 Å². The van der Waals surface area contributed by atoms with Gasteiger partial charge in [0.15, 0.2) is 0 Å². The van der Waals surface area contributed by atoms with Gasteiger partial charge in [-0.05, 0) is 11.6 Å². The first-order chi connectivity index (χ1) is 10.6. The molecule has 2 aromatic rings. The summed E-state index contributed by atoms with van der Waals surface area (Å²) in [6.45, 7) is 0.292. The van der Waals surface area contributed by atoms with Crippen molar-refractivity contribution < 1.29 is 13.9 Å². The van der Waals surface area contributed by atoms with E-state index in [-0.39, 0.29) is 18.2 Å². The standard InChI is InChI=1S/C16H12ClFN2O2/c17-14-9-13(10-20-15(14)18)7-4-8-19-16(21)22-11-12-5-2-1-3-6-12/h1-3,5-6,9-10H,8,11H2,(H,19,21). The Morgan fingerprint density at radius 1 is 1.36 bits per heavy atom. The predicted octanol–water partition coefficient (Wildman–Crippen LogP) is 3.15. The number of amides is 1. The average Bonchev–Trinajstić information content (AvgIpc) is 2.54. The van der Waals surface area contributed by atoms with Crippen LogP contribution in [0, 0.1) is 17.8 Å². The van der Waals surface area contributed by atoms with Crippen LogP contribution in [0.2, 0.25) is 5.02 Å². The van der Waals surface area contributed by atoms with E-state index in [4.69, 9.17) is 16.3 Å². The highest BCUT2D eigenvalue weighted by Crippen LogP contribution is 2.12. The number of hydrogen-bond acceptors (Lipinski definition) is 3. The Bertz CT molecular complexity index is 711. The number of pyridine rings is 1. The SMILES string of the molecule is O=C(NCC#Cc1cnc(F)c(Cl)c1)OCc1ccccc1. The van der Waals surface area contributed by atoms with Crippen LogP contribution in [0.4, 0.5) is 9.18 Å². The number of aromatic nitrogens is 1. The third-order valence-electron chi connectivity index (χ3n) is 2.56. The first-order valence-electron chi connectivity index (χ1n) is 6.39. The molecule has 0 saturated heterocycles. The lowest BCUT2D eigenvalue weighted by molar-refractivity contribution is 0.141. The molecule has 1 aromatic heterocycles. The van der Waals surface area contributed by atoms with Crippen molar-refractivity contribution in [3.8, 4) is 11.8 Å². The third kappa shape index (κ3) is 5.08. The van der Waals surface area contributed by atoms with Crippen molar-refractivity contribution >= 4 is 17.7 Å². The molecule has 22 heavy (non-hydrogen) atoms. The Morgan fingerprint density at radius 2 is 2.14 bits per heavy atom. The number of hydrogen-bond donors (Lipinski definition) is 1. The van der Waals surface area contributed by atoms with Gasteiger partial charge in [0.2, 0.25) is 5.95 Å². The van der Waals surface area contributed by atoms with Crippen LogP contribution >= 0.6 is 11.6 Å². The van der Waals surface area contributed by atoms with Gasteiger partial charge in [0, 0.05) is 11.8 Å². The lowest BCUT2D eigenvalue weighted by Crippen LogP contribution is -2.24. The Morgan fingerprint density at radius 3 is 2.86 bits per heavy atom. The molecular formula is C16H12ClFN2O2. The number of carbonyl (C=O) groups excluding carboxylic acids is 1. The first kappa shape index (κ1) is 15.8. The highest BCUT2D eigenvalue weighted by molar-refractivity contribution is 6.30. The first-order valence-corrected chi connectivity index (χ1v) is 6.77. The number of rotatable bonds is 3. The van der Waals surface area contributed by atoms with Crippen LogP contribution in [-0.2, 0) is 11.3 Å². The summed E-state index contributed by atoms with van der Waals surface area (Å²) in [5.41, 5.74) is 1.36. The Hall–Kier alpha value is -2.58. The molecule has 6 heteroatoms. The summed E-state index contributed by atoms with van der Waals surface area (Å²) in [5, 5.41) is 2.39. The number of nitrogens with one attached hydrogen (secondary N) is 1. The van der Waals surface area contributed by atoms with Crippen molar-refractivity contribution in [2.75, 3.05) is 6.54 Å². The Kier molecular flexibility index (Phi) is 5.75. The van der Waals surface area contributed by atoms with Gasteiger partial charge in [-0.2, -0.15) is 4.39 Å². The fourth-order valence-corrected chi connectivity index (χ4v) is 1.69. The molecule has 1 aromatic carbocycles. The van der Waals surface area contributed by atoms with Gasteiger partial charge in [0.1, 0.15) is 6.61 Å². The molecule has 0 aliphatic heterocycles. The zero-order chi connectivity index (χ0) is 15.8. The highest BCUT2D eigenvalue weighted by Gasteiger charge is 2.01. The largest absolute Gasteiger partial charge is 0.445 e. The summed E-state index contributed by atoms with van der Waals surface area (Å²) in [6, 6.07) is 10.7. The molecule has 0 fully saturated rings. The summed E-state index contributed by atoms with van der Waals surface area (Å²) >= 11 is 5.58. The van der Waals surface area contributed by atoms with Gasteiger partial charge in [-0.1, -0.05) is 53.8 Å². The molecule has 0 radical (unpaired) electrons. The second-order valence-corrected chi connectivity index (χ2v) is 4.62. The van der Waals surface area contributed by atoms with Crippen molar-refractivity contribution in [3.63, 3.8) is 0 Å². The van der Waals surface area contributed by atoms with Crippen LogP contribution in [0.5, 0.6) is 0 Å². The molecule has 0 saturated carbocycles. The van der Waals surface area contributed by atoms with Crippen LogP contribution in [0.3, 0.4) is 0 Å². The van der Waals surface area contributed by atoms with Gasteiger partial charge in [-0.15, -0.1) is 0 Å². The van der Waals surface area contributed by atoms with E-state index >= 15 is 0 Å². The number of carbonyl (C=O) groups is 1. The van der Waals surface area contributed by atoms with Gasteiger partial charge in [0.05, 0.1) is 11.6 Å². The van der Waals surface area contributed by atoms with E-state index in [0.29, 0.717) is 5.56 Å². The quantitative estimate of drug-likeness (QED) is 0.698. The molecule has 0 aliphatic carbocycles. The fourth-order valence-electron chi connectivity index (χ4n) is 1.53. The highest BCUT2D eigenvalue weighted by atomic mass is 35.5. The van der Waals surface area contributed by atoms with E-state index in [1.54, 1.807) is 0 Å². The topological polar surface area (TPSA) is 51.2 Å². The van der Waals surface area contributed by atoms with Gasteiger partial charge < -0.3 is 10.1 Å². The minimum atomic E-state index is -0.741. The molecular weight excluding hydrogens is 307 g/mol.